The standard InChI is InChI=1S/C20H15BrN2O2/c21-17-11-9-16(10-12-17)20(24)23-22-14-15-5-4-8-19(13-15)25-18-6-2-1-3-7-18/h1-14H,(H,23,24)/b22-14+. The van der Waals surface area contributed by atoms with Gasteiger partial charge in [0.2, 0.25) is 0 Å². The van der Waals surface area contributed by atoms with Gasteiger partial charge in [-0.3, -0.25) is 4.79 Å². The van der Waals surface area contributed by atoms with Crippen LogP contribution in [0, 0.1) is 0 Å². The molecule has 5 heteroatoms. The molecule has 0 saturated carbocycles. The first-order valence-corrected chi connectivity index (χ1v) is 8.42. The molecular weight excluding hydrogens is 380 g/mol. The SMILES string of the molecule is O=C(N/N=C/c1cccc(Oc2ccccc2)c1)c1ccc(Br)cc1. The minimum Gasteiger partial charge on any atom is -0.457 e. The molecule has 3 aromatic rings. The predicted molar refractivity (Wildman–Crippen MR) is 102 cm³/mol. The highest BCUT2D eigenvalue weighted by Gasteiger charge is 2.03. The lowest BCUT2D eigenvalue weighted by Gasteiger charge is -2.05. The first-order chi connectivity index (χ1) is 12.2. The van der Waals surface area contributed by atoms with E-state index in [1.807, 2.05) is 66.7 Å². The Kier molecular flexibility index (Phi) is 5.59. The average molecular weight is 395 g/mol. The molecular formula is C20H15BrN2O2. The summed E-state index contributed by atoms with van der Waals surface area (Å²) in [5, 5.41) is 4.00. The molecule has 0 heterocycles. The van der Waals surface area contributed by atoms with Crippen molar-refractivity contribution < 1.29 is 9.53 Å². The molecule has 4 nitrogen and oxygen atoms in total. The summed E-state index contributed by atoms with van der Waals surface area (Å²) >= 11 is 3.34. The molecule has 1 amide bonds. The number of nitrogens with one attached hydrogen (secondary N) is 1. The second-order valence-electron chi connectivity index (χ2n) is 5.19. The molecule has 124 valence electrons. The number of nitrogens with zero attached hydrogens (tertiary/aromatic N) is 1. The highest BCUT2D eigenvalue weighted by molar-refractivity contribution is 9.10. The molecule has 0 atom stereocenters. The van der Waals surface area contributed by atoms with Gasteiger partial charge in [0.15, 0.2) is 0 Å². The van der Waals surface area contributed by atoms with Crippen molar-refractivity contribution in [1.29, 1.82) is 0 Å². The fourth-order valence-electron chi connectivity index (χ4n) is 2.11. The number of hydrogen-bond acceptors (Lipinski definition) is 3. The minimum absolute atomic E-state index is 0.263. The molecule has 25 heavy (non-hydrogen) atoms. The van der Waals surface area contributed by atoms with Gasteiger partial charge in [0.1, 0.15) is 11.5 Å². The molecule has 0 spiro atoms. The Hall–Kier alpha value is -2.92. The maximum Gasteiger partial charge on any atom is 0.271 e. The zero-order valence-corrected chi connectivity index (χ0v) is 14.8. The molecule has 0 aliphatic heterocycles. The van der Waals surface area contributed by atoms with Crippen molar-refractivity contribution >= 4 is 28.1 Å². The van der Waals surface area contributed by atoms with Crippen LogP contribution in [0.5, 0.6) is 11.5 Å². The number of rotatable bonds is 5. The second kappa shape index (κ2) is 8.26. The van der Waals surface area contributed by atoms with Gasteiger partial charge in [-0.25, -0.2) is 5.43 Å². The highest BCUT2D eigenvalue weighted by atomic mass is 79.9. The topological polar surface area (TPSA) is 50.7 Å². The van der Waals surface area contributed by atoms with E-state index in [1.54, 1.807) is 18.3 Å². The van der Waals surface area contributed by atoms with Crippen LogP contribution in [0.4, 0.5) is 0 Å². The summed E-state index contributed by atoms with van der Waals surface area (Å²) in [7, 11) is 0. The van der Waals surface area contributed by atoms with Gasteiger partial charge in [0, 0.05) is 10.0 Å². The van der Waals surface area contributed by atoms with Gasteiger partial charge >= 0.3 is 0 Å². The van der Waals surface area contributed by atoms with Crippen LogP contribution in [0.15, 0.2) is 88.4 Å². The molecule has 0 aromatic heterocycles. The summed E-state index contributed by atoms with van der Waals surface area (Å²) in [6, 6.07) is 24.1. The van der Waals surface area contributed by atoms with Crippen molar-refractivity contribution in [2.75, 3.05) is 0 Å². The smallest absolute Gasteiger partial charge is 0.271 e. The number of hydrogen-bond donors (Lipinski definition) is 1. The molecule has 3 rings (SSSR count). The summed E-state index contributed by atoms with van der Waals surface area (Å²) in [5.41, 5.74) is 3.88. The van der Waals surface area contributed by atoms with Crippen LogP contribution in [0.3, 0.4) is 0 Å². The van der Waals surface area contributed by atoms with Crippen LogP contribution in [0.1, 0.15) is 15.9 Å². The Morgan fingerprint density at radius 3 is 2.40 bits per heavy atom. The minimum atomic E-state index is -0.263. The second-order valence-corrected chi connectivity index (χ2v) is 6.11. The van der Waals surface area contributed by atoms with Crippen molar-refractivity contribution in [3.8, 4) is 11.5 Å². The summed E-state index contributed by atoms with van der Waals surface area (Å²) in [4.78, 5) is 12.0. The fraction of sp³-hybridized carbons (Fsp3) is 0. The molecule has 0 saturated heterocycles. The highest BCUT2D eigenvalue weighted by Crippen LogP contribution is 2.21. The zero-order valence-electron chi connectivity index (χ0n) is 13.2. The number of amides is 1. The van der Waals surface area contributed by atoms with Crippen molar-refractivity contribution in [2.45, 2.75) is 0 Å². The van der Waals surface area contributed by atoms with Gasteiger partial charge in [-0.2, -0.15) is 5.10 Å². The molecule has 0 radical (unpaired) electrons. The normalized spacial score (nSPS) is 10.6. The van der Waals surface area contributed by atoms with Crippen LogP contribution < -0.4 is 10.2 Å². The van der Waals surface area contributed by atoms with Gasteiger partial charge < -0.3 is 4.74 Å². The quantitative estimate of drug-likeness (QED) is 0.488. The van der Waals surface area contributed by atoms with E-state index in [9.17, 15) is 4.79 Å². The van der Waals surface area contributed by atoms with E-state index >= 15 is 0 Å². The van der Waals surface area contributed by atoms with Crippen LogP contribution >= 0.6 is 15.9 Å². The maximum atomic E-state index is 12.0. The van der Waals surface area contributed by atoms with E-state index < -0.39 is 0 Å². The van der Waals surface area contributed by atoms with Gasteiger partial charge in [-0.05, 0) is 54.1 Å². The van der Waals surface area contributed by atoms with E-state index in [2.05, 4.69) is 26.5 Å². The molecule has 0 bridgehead atoms. The van der Waals surface area contributed by atoms with E-state index in [0.29, 0.717) is 11.3 Å². The molecule has 0 unspecified atom stereocenters. The number of benzene rings is 3. The monoisotopic (exact) mass is 394 g/mol. The number of ether oxygens (including phenoxy) is 1. The van der Waals surface area contributed by atoms with Gasteiger partial charge in [-0.15, -0.1) is 0 Å². The van der Waals surface area contributed by atoms with Crippen molar-refractivity contribution in [1.82, 2.24) is 5.43 Å². The van der Waals surface area contributed by atoms with Gasteiger partial charge in [0.25, 0.3) is 5.91 Å². The molecule has 0 fully saturated rings. The van der Waals surface area contributed by atoms with Crippen LogP contribution in [-0.4, -0.2) is 12.1 Å². The first kappa shape index (κ1) is 16.9. The summed E-state index contributed by atoms with van der Waals surface area (Å²) in [6.07, 6.45) is 1.58. The number of carbonyl (C=O) groups excluding carboxylic acids is 1. The Morgan fingerprint density at radius 1 is 0.920 bits per heavy atom. The lowest BCUT2D eigenvalue weighted by molar-refractivity contribution is 0.0955. The van der Waals surface area contributed by atoms with Crippen LogP contribution in [-0.2, 0) is 0 Å². The van der Waals surface area contributed by atoms with Gasteiger partial charge in [0.05, 0.1) is 6.21 Å². The third-order valence-electron chi connectivity index (χ3n) is 3.32. The number of para-hydroxylation sites is 1. The number of hydrazone groups is 1. The Morgan fingerprint density at radius 2 is 1.64 bits per heavy atom. The van der Waals surface area contributed by atoms with E-state index in [0.717, 1.165) is 15.8 Å². The number of carbonyl (C=O) groups is 1. The van der Waals surface area contributed by atoms with Crippen molar-refractivity contribution in [3.63, 3.8) is 0 Å². The lowest BCUT2D eigenvalue weighted by atomic mass is 10.2. The summed E-state index contributed by atoms with van der Waals surface area (Å²) < 4.78 is 6.69. The van der Waals surface area contributed by atoms with Crippen LogP contribution in [0.25, 0.3) is 0 Å². The number of halogens is 1. The first-order valence-electron chi connectivity index (χ1n) is 7.63. The largest absolute Gasteiger partial charge is 0.457 e. The van der Waals surface area contributed by atoms with E-state index in [4.69, 9.17) is 4.74 Å². The molecule has 1 N–H and O–H groups in total. The van der Waals surface area contributed by atoms with E-state index in [1.165, 1.54) is 0 Å². The fourth-order valence-corrected chi connectivity index (χ4v) is 2.38. The summed E-state index contributed by atoms with van der Waals surface area (Å²) in [6.45, 7) is 0. The molecule has 0 aliphatic carbocycles. The Balaban J connectivity index is 1.62. The van der Waals surface area contributed by atoms with Gasteiger partial charge in [-0.1, -0.05) is 46.3 Å². The maximum absolute atomic E-state index is 12.0. The van der Waals surface area contributed by atoms with Crippen molar-refractivity contribution in [2.24, 2.45) is 5.10 Å². The zero-order chi connectivity index (χ0) is 17.5. The van der Waals surface area contributed by atoms with Crippen LogP contribution in [0.2, 0.25) is 0 Å². The predicted octanol–water partition coefficient (Wildman–Crippen LogP) is 5.01. The molecule has 0 aliphatic rings. The third-order valence-corrected chi connectivity index (χ3v) is 3.85. The third kappa shape index (κ3) is 5.02. The summed E-state index contributed by atoms with van der Waals surface area (Å²) in [5.74, 6) is 1.20. The Labute approximate surface area is 154 Å². The molecule has 3 aromatic carbocycles. The van der Waals surface area contributed by atoms with Crippen molar-refractivity contribution in [3.05, 3.63) is 94.5 Å². The average Bonchev–Trinajstić information content (AvgIpc) is 2.63. The van der Waals surface area contributed by atoms with E-state index in [-0.39, 0.29) is 5.91 Å². The Bertz CT molecular complexity index is 878. The lowest BCUT2D eigenvalue weighted by Crippen LogP contribution is -2.17.